The molecule has 13 heteroatoms. The minimum atomic E-state index is -4.83. The minimum Gasteiger partial charge on any atom is -0.489 e. The molecule has 3 aliphatic rings. The summed E-state index contributed by atoms with van der Waals surface area (Å²) in [4.78, 5) is 24.7. The van der Waals surface area contributed by atoms with E-state index in [9.17, 15) is 22.4 Å². The molecule has 3 heterocycles. The number of carbonyl (C=O) groups excluding carboxylic acids is 1. The Bertz CT molecular complexity index is 1290. The second-order valence-corrected chi connectivity index (χ2v) is 10.5. The average molecular weight is 565 g/mol. The predicted molar refractivity (Wildman–Crippen MR) is 139 cm³/mol. The van der Waals surface area contributed by atoms with Gasteiger partial charge in [0.1, 0.15) is 18.2 Å². The van der Waals surface area contributed by atoms with Crippen LogP contribution in [0.4, 0.5) is 28.9 Å². The third kappa shape index (κ3) is 5.01. The van der Waals surface area contributed by atoms with Gasteiger partial charge in [0.25, 0.3) is 5.91 Å². The van der Waals surface area contributed by atoms with E-state index >= 15 is 0 Å². The van der Waals surface area contributed by atoms with Crippen LogP contribution in [-0.2, 0) is 11.0 Å². The Hall–Kier alpha value is -3.08. The van der Waals surface area contributed by atoms with E-state index < -0.39 is 40.2 Å². The number of pyridine rings is 1. The van der Waals surface area contributed by atoms with Gasteiger partial charge in [-0.05, 0) is 44.5 Å². The first-order valence-corrected chi connectivity index (χ1v) is 13.2. The van der Waals surface area contributed by atoms with Crippen LogP contribution in [0.3, 0.4) is 0 Å². The summed E-state index contributed by atoms with van der Waals surface area (Å²) in [5, 5.41) is 9.09. The SMILES string of the molecule is CN1CCN(CCOc2cc(N3C(S)N(c4cnc(C#N)c(C(F)(F)F)c4)C(=O)C34CCC4)ccc2F)CC1. The van der Waals surface area contributed by atoms with Crippen molar-refractivity contribution in [1.82, 2.24) is 14.8 Å². The van der Waals surface area contributed by atoms with Crippen molar-refractivity contribution in [1.29, 1.82) is 5.26 Å². The number of hydrogen-bond acceptors (Lipinski definition) is 8. The number of thiol groups is 1. The number of amides is 1. The van der Waals surface area contributed by atoms with Crippen LogP contribution < -0.4 is 14.5 Å². The monoisotopic (exact) mass is 564 g/mol. The molecule has 0 bridgehead atoms. The topological polar surface area (TPSA) is 75.9 Å². The molecule has 8 nitrogen and oxygen atoms in total. The number of alkyl halides is 3. The molecule has 1 aromatic heterocycles. The van der Waals surface area contributed by atoms with Crippen LogP contribution in [0.25, 0.3) is 0 Å². The van der Waals surface area contributed by atoms with E-state index in [4.69, 9.17) is 10.00 Å². The molecule has 2 aliphatic heterocycles. The lowest BCUT2D eigenvalue weighted by atomic mass is 9.75. The molecule has 1 aromatic carbocycles. The summed E-state index contributed by atoms with van der Waals surface area (Å²) >= 11 is 4.64. The molecule has 1 unspecified atom stereocenters. The summed E-state index contributed by atoms with van der Waals surface area (Å²) in [6, 6.07) is 6.48. The van der Waals surface area contributed by atoms with Gasteiger partial charge in [0, 0.05) is 44.5 Å². The molecule has 1 aliphatic carbocycles. The maximum atomic E-state index is 14.7. The Morgan fingerprint density at radius 3 is 2.51 bits per heavy atom. The molecule has 5 rings (SSSR count). The van der Waals surface area contributed by atoms with Crippen LogP contribution in [0.5, 0.6) is 5.75 Å². The summed E-state index contributed by atoms with van der Waals surface area (Å²) in [6.07, 6.45) is -2.09. The van der Waals surface area contributed by atoms with Crippen LogP contribution in [0.15, 0.2) is 30.5 Å². The molecule has 2 aromatic rings. The summed E-state index contributed by atoms with van der Waals surface area (Å²) < 4.78 is 61.3. The first kappa shape index (κ1) is 27.5. The number of likely N-dealkylation sites (N-methyl/N-ethyl adjacent to an activating group) is 1. The molecule has 39 heavy (non-hydrogen) atoms. The van der Waals surface area contributed by atoms with Crippen molar-refractivity contribution in [3.05, 3.63) is 47.5 Å². The Labute approximate surface area is 229 Å². The second kappa shape index (κ2) is 10.5. The number of rotatable bonds is 6. The fourth-order valence-electron chi connectivity index (χ4n) is 5.37. The van der Waals surface area contributed by atoms with E-state index in [0.29, 0.717) is 25.1 Å². The molecular formula is C26H28F4N6O2S. The Balaban J connectivity index is 1.41. The molecule has 2 saturated heterocycles. The molecule has 1 spiro atoms. The van der Waals surface area contributed by atoms with Crippen molar-refractivity contribution >= 4 is 29.9 Å². The largest absolute Gasteiger partial charge is 0.489 e. The van der Waals surface area contributed by atoms with E-state index in [1.54, 1.807) is 4.90 Å². The Morgan fingerprint density at radius 2 is 1.90 bits per heavy atom. The van der Waals surface area contributed by atoms with E-state index in [2.05, 4.69) is 34.5 Å². The molecule has 208 valence electrons. The highest BCUT2D eigenvalue weighted by Crippen LogP contribution is 2.51. The van der Waals surface area contributed by atoms with Gasteiger partial charge in [-0.1, -0.05) is 0 Å². The zero-order chi connectivity index (χ0) is 27.9. The van der Waals surface area contributed by atoms with Gasteiger partial charge in [-0.2, -0.15) is 18.4 Å². The third-order valence-electron chi connectivity index (χ3n) is 7.74. The lowest BCUT2D eigenvalue weighted by molar-refractivity contribution is -0.138. The van der Waals surface area contributed by atoms with Crippen LogP contribution in [-0.4, -0.2) is 78.1 Å². The maximum absolute atomic E-state index is 14.7. The fraction of sp³-hybridized carbons (Fsp3) is 0.500. The number of hydrogen-bond donors (Lipinski definition) is 1. The lowest BCUT2D eigenvalue weighted by Crippen LogP contribution is -2.55. The normalized spacial score (nSPS) is 21.8. The molecular weight excluding hydrogens is 536 g/mol. The number of carbonyl (C=O) groups is 1. The first-order valence-electron chi connectivity index (χ1n) is 12.7. The smallest absolute Gasteiger partial charge is 0.419 e. The van der Waals surface area contributed by atoms with Crippen molar-refractivity contribution in [2.75, 3.05) is 56.2 Å². The summed E-state index contributed by atoms with van der Waals surface area (Å²) in [6.45, 7) is 4.62. The highest BCUT2D eigenvalue weighted by Gasteiger charge is 2.60. The maximum Gasteiger partial charge on any atom is 0.419 e. The molecule has 1 saturated carbocycles. The van der Waals surface area contributed by atoms with Crippen LogP contribution in [0.2, 0.25) is 0 Å². The second-order valence-electron chi connectivity index (χ2n) is 10.1. The van der Waals surface area contributed by atoms with Crippen molar-refractivity contribution < 1.29 is 27.1 Å². The van der Waals surface area contributed by atoms with Crippen LogP contribution >= 0.6 is 12.6 Å². The average Bonchev–Trinajstić information content (AvgIpc) is 3.12. The highest BCUT2D eigenvalue weighted by molar-refractivity contribution is 7.81. The fourth-order valence-corrected chi connectivity index (χ4v) is 5.96. The molecule has 0 radical (unpaired) electrons. The molecule has 3 fully saturated rings. The van der Waals surface area contributed by atoms with Gasteiger partial charge in [0.2, 0.25) is 0 Å². The van der Waals surface area contributed by atoms with Gasteiger partial charge in [0.15, 0.2) is 22.8 Å². The number of benzene rings is 1. The predicted octanol–water partition coefficient (Wildman–Crippen LogP) is 3.73. The molecule has 1 atom stereocenters. The van der Waals surface area contributed by atoms with Gasteiger partial charge in [-0.25, -0.2) is 9.37 Å². The summed E-state index contributed by atoms with van der Waals surface area (Å²) in [7, 11) is 2.07. The van der Waals surface area contributed by atoms with Gasteiger partial charge in [-0.3, -0.25) is 14.6 Å². The van der Waals surface area contributed by atoms with Crippen molar-refractivity contribution in [3.63, 3.8) is 0 Å². The minimum absolute atomic E-state index is 0.0296. The van der Waals surface area contributed by atoms with Crippen molar-refractivity contribution in [3.8, 4) is 11.8 Å². The number of piperazine rings is 1. The van der Waals surface area contributed by atoms with E-state index in [1.807, 2.05) is 0 Å². The number of aromatic nitrogens is 1. The van der Waals surface area contributed by atoms with Crippen LogP contribution in [0.1, 0.15) is 30.5 Å². The lowest BCUT2D eigenvalue weighted by Gasteiger charge is -2.44. The standard InChI is InChI=1S/C26H28F4N6O2S/c1-33-7-9-34(10-8-33)11-12-38-22-14-17(3-4-20(22)27)36-24(39)35(23(37)25(36)5-2-6-25)18-13-19(26(28,29)30)21(15-31)32-16-18/h3-4,13-14,16,24,39H,2,5-12H2,1H3. The zero-order valence-corrected chi connectivity index (χ0v) is 22.2. The first-order chi connectivity index (χ1) is 18.5. The number of ether oxygens (including phenoxy) is 1. The van der Waals surface area contributed by atoms with Crippen LogP contribution in [0, 0.1) is 17.1 Å². The Kier molecular flexibility index (Phi) is 7.39. The quantitative estimate of drug-likeness (QED) is 0.424. The zero-order valence-electron chi connectivity index (χ0n) is 21.3. The van der Waals surface area contributed by atoms with E-state index in [1.165, 1.54) is 24.3 Å². The number of nitrogens with zero attached hydrogens (tertiary/aromatic N) is 6. The highest BCUT2D eigenvalue weighted by atomic mass is 32.1. The van der Waals surface area contributed by atoms with Crippen molar-refractivity contribution in [2.24, 2.45) is 0 Å². The van der Waals surface area contributed by atoms with Gasteiger partial charge < -0.3 is 14.5 Å². The number of halogens is 4. The van der Waals surface area contributed by atoms with E-state index in [-0.39, 0.29) is 18.0 Å². The number of nitriles is 1. The summed E-state index contributed by atoms with van der Waals surface area (Å²) in [5.74, 6) is -0.943. The van der Waals surface area contributed by atoms with Crippen molar-refractivity contribution in [2.45, 2.75) is 36.5 Å². The van der Waals surface area contributed by atoms with E-state index in [0.717, 1.165) is 49.8 Å². The Morgan fingerprint density at radius 1 is 1.18 bits per heavy atom. The van der Waals surface area contributed by atoms with Gasteiger partial charge in [0.05, 0.1) is 17.4 Å². The van der Waals surface area contributed by atoms with Gasteiger partial charge in [-0.15, -0.1) is 12.6 Å². The third-order valence-corrected chi connectivity index (χ3v) is 8.20. The number of anilines is 2. The molecule has 0 N–H and O–H groups in total. The van der Waals surface area contributed by atoms with Gasteiger partial charge >= 0.3 is 6.18 Å². The molecule has 1 amide bonds. The summed E-state index contributed by atoms with van der Waals surface area (Å²) in [5.41, 5.74) is -3.68.